The highest BCUT2D eigenvalue weighted by Crippen LogP contribution is 2.43. The third-order valence-corrected chi connectivity index (χ3v) is 8.18. The molecule has 6 rings (SSSR count). The summed E-state index contributed by atoms with van der Waals surface area (Å²) in [5.74, 6) is -0.216. The van der Waals surface area contributed by atoms with Crippen molar-refractivity contribution in [2.75, 3.05) is 4.90 Å². The molecule has 178 valence electrons. The molecule has 0 saturated carbocycles. The Morgan fingerprint density at radius 1 is 1.00 bits per heavy atom. The standard InChI is InChI=1S/C27H18FN3O3S2/c1-15-6-8-16(9-7-15)14-35-27-30-29-26(36-27)31-22(17-10-12-18(28)13-11-17)21-23(32)19-4-2-3-5-20(19)34-24(21)25(31)33/h2-13,22H,14H2,1H3. The predicted molar refractivity (Wildman–Crippen MR) is 138 cm³/mol. The van der Waals surface area contributed by atoms with Crippen molar-refractivity contribution < 1.29 is 13.6 Å². The van der Waals surface area contributed by atoms with E-state index >= 15 is 0 Å². The van der Waals surface area contributed by atoms with Crippen LogP contribution >= 0.6 is 23.1 Å². The molecule has 1 aliphatic heterocycles. The van der Waals surface area contributed by atoms with Gasteiger partial charge in [-0.3, -0.25) is 14.5 Å². The van der Waals surface area contributed by atoms with Gasteiger partial charge in [0, 0.05) is 5.75 Å². The Hall–Kier alpha value is -3.82. The maximum Gasteiger partial charge on any atom is 0.297 e. The summed E-state index contributed by atoms with van der Waals surface area (Å²) in [6.45, 7) is 2.04. The Bertz CT molecular complexity index is 1660. The second-order valence-corrected chi connectivity index (χ2v) is 10.6. The highest BCUT2D eigenvalue weighted by atomic mass is 32.2. The van der Waals surface area contributed by atoms with Gasteiger partial charge in [0.15, 0.2) is 9.77 Å². The molecule has 36 heavy (non-hydrogen) atoms. The lowest BCUT2D eigenvalue weighted by atomic mass is 9.99. The number of aryl methyl sites for hydroxylation is 1. The van der Waals surface area contributed by atoms with Crippen LogP contribution in [0.3, 0.4) is 0 Å². The summed E-state index contributed by atoms with van der Waals surface area (Å²) in [4.78, 5) is 28.6. The SMILES string of the molecule is Cc1ccc(CSc2nnc(N3C(=O)c4oc5ccccc5c(=O)c4C3c3ccc(F)cc3)s2)cc1. The minimum atomic E-state index is -0.808. The molecule has 1 atom stereocenters. The van der Waals surface area contributed by atoms with Gasteiger partial charge in [0.05, 0.1) is 17.0 Å². The quantitative estimate of drug-likeness (QED) is 0.207. The van der Waals surface area contributed by atoms with E-state index in [9.17, 15) is 14.0 Å². The summed E-state index contributed by atoms with van der Waals surface area (Å²) in [5, 5.41) is 9.29. The minimum Gasteiger partial charge on any atom is -0.450 e. The van der Waals surface area contributed by atoms with Crippen molar-refractivity contribution in [2.45, 2.75) is 23.1 Å². The highest BCUT2D eigenvalue weighted by molar-refractivity contribution is 8.00. The third-order valence-electron chi connectivity index (χ3n) is 6.05. The fraction of sp³-hybridized carbons (Fsp3) is 0.111. The Morgan fingerprint density at radius 3 is 2.53 bits per heavy atom. The van der Waals surface area contributed by atoms with E-state index in [0.29, 0.717) is 31.8 Å². The zero-order valence-corrected chi connectivity index (χ0v) is 20.6. The lowest BCUT2D eigenvalue weighted by Gasteiger charge is -2.22. The minimum absolute atomic E-state index is 0.0305. The maximum absolute atomic E-state index is 13.7. The number of rotatable bonds is 5. The molecular weight excluding hydrogens is 497 g/mol. The number of halogens is 1. The van der Waals surface area contributed by atoms with Crippen LogP contribution in [0, 0.1) is 12.7 Å². The number of hydrogen-bond donors (Lipinski definition) is 0. The van der Waals surface area contributed by atoms with Crippen molar-refractivity contribution in [3.63, 3.8) is 0 Å². The highest BCUT2D eigenvalue weighted by Gasteiger charge is 2.45. The molecule has 0 N–H and O–H groups in total. The van der Waals surface area contributed by atoms with Crippen LogP contribution < -0.4 is 10.3 Å². The van der Waals surface area contributed by atoms with Crippen LogP contribution in [0.4, 0.5) is 9.52 Å². The molecule has 5 aromatic rings. The first kappa shape index (κ1) is 22.6. The molecule has 0 bridgehead atoms. The molecule has 0 radical (unpaired) electrons. The van der Waals surface area contributed by atoms with E-state index < -0.39 is 17.8 Å². The van der Waals surface area contributed by atoms with Crippen LogP contribution in [-0.4, -0.2) is 16.1 Å². The van der Waals surface area contributed by atoms with Gasteiger partial charge >= 0.3 is 0 Å². The summed E-state index contributed by atoms with van der Waals surface area (Å²) in [6.07, 6.45) is 0. The van der Waals surface area contributed by atoms with Crippen LogP contribution in [0.15, 0.2) is 86.3 Å². The fourth-order valence-corrected chi connectivity index (χ4v) is 6.09. The van der Waals surface area contributed by atoms with Gasteiger partial charge in [-0.15, -0.1) is 10.2 Å². The maximum atomic E-state index is 13.7. The van der Waals surface area contributed by atoms with Gasteiger partial charge in [0.2, 0.25) is 10.9 Å². The van der Waals surface area contributed by atoms with Crippen molar-refractivity contribution >= 4 is 45.1 Å². The summed E-state index contributed by atoms with van der Waals surface area (Å²) in [6, 6.07) is 20.0. The van der Waals surface area contributed by atoms with Crippen LogP contribution in [0.1, 0.15) is 38.9 Å². The average Bonchev–Trinajstić information content (AvgIpc) is 3.47. The second-order valence-electron chi connectivity index (χ2n) is 8.42. The molecule has 0 fully saturated rings. The number of aromatic nitrogens is 2. The lowest BCUT2D eigenvalue weighted by molar-refractivity contribution is 0.0970. The van der Waals surface area contributed by atoms with Crippen molar-refractivity contribution in [1.82, 2.24) is 10.2 Å². The first-order chi connectivity index (χ1) is 17.5. The molecule has 0 spiro atoms. The number of carbonyl (C=O) groups is 1. The van der Waals surface area contributed by atoms with Crippen LogP contribution in [0.2, 0.25) is 0 Å². The number of carbonyl (C=O) groups excluding carboxylic acids is 1. The van der Waals surface area contributed by atoms with E-state index in [1.165, 1.54) is 45.7 Å². The Morgan fingerprint density at radius 2 is 1.75 bits per heavy atom. The van der Waals surface area contributed by atoms with Gasteiger partial charge in [-0.25, -0.2) is 4.39 Å². The molecule has 0 aliphatic carbocycles. The Labute approximate surface area is 213 Å². The molecule has 0 saturated heterocycles. The summed E-state index contributed by atoms with van der Waals surface area (Å²) in [7, 11) is 0. The van der Waals surface area contributed by atoms with Gasteiger partial charge in [-0.05, 0) is 42.3 Å². The van der Waals surface area contributed by atoms with Crippen molar-refractivity contribution in [3.8, 4) is 0 Å². The van der Waals surface area contributed by atoms with E-state index in [0.717, 1.165) is 5.56 Å². The molecule has 6 nitrogen and oxygen atoms in total. The van der Waals surface area contributed by atoms with Gasteiger partial charge in [0.25, 0.3) is 5.91 Å². The van der Waals surface area contributed by atoms with E-state index in [4.69, 9.17) is 4.42 Å². The van der Waals surface area contributed by atoms with Gasteiger partial charge in [0.1, 0.15) is 11.4 Å². The third kappa shape index (κ3) is 3.90. The fourth-order valence-electron chi connectivity index (χ4n) is 4.27. The summed E-state index contributed by atoms with van der Waals surface area (Å²) in [5.41, 5.74) is 3.18. The molecule has 3 aromatic carbocycles. The average molecular weight is 516 g/mol. The first-order valence-corrected chi connectivity index (χ1v) is 13.0. The van der Waals surface area contributed by atoms with E-state index in [1.54, 1.807) is 36.4 Å². The summed E-state index contributed by atoms with van der Waals surface area (Å²) < 4.78 is 20.3. The number of para-hydroxylation sites is 1. The molecule has 3 heterocycles. The number of amides is 1. The van der Waals surface area contributed by atoms with Crippen LogP contribution in [0.5, 0.6) is 0 Å². The monoisotopic (exact) mass is 515 g/mol. The van der Waals surface area contributed by atoms with Gasteiger partial charge < -0.3 is 4.42 Å². The number of fused-ring (bicyclic) bond motifs is 2. The largest absolute Gasteiger partial charge is 0.450 e. The molecule has 9 heteroatoms. The number of hydrogen-bond acceptors (Lipinski definition) is 7. The number of thioether (sulfide) groups is 1. The molecule has 2 aromatic heterocycles. The van der Waals surface area contributed by atoms with E-state index in [1.807, 2.05) is 6.92 Å². The van der Waals surface area contributed by atoms with Crippen LogP contribution in [-0.2, 0) is 5.75 Å². The Kier molecular flexibility index (Phi) is 5.66. The topological polar surface area (TPSA) is 76.3 Å². The van der Waals surface area contributed by atoms with Crippen molar-refractivity contribution in [1.29, 1.82) is 0 Å². The zero-order chi connectivity index (χ0) is 24.8. The number of anilines is 1. The molecular formula is C27H18FN3O3S2. The van der Waals surface area contributed by atoms with Gasteiger partial charge in [-0.2, -0.15) is 0 Å². The number of benzene rings is 3. The molecule has 1 amide bonds. The zero-order valence-electron chi connectivity index (χ0n) is 19.0. The number of nitrogens with zero attached hydrogens (tertiary/aromatic N) is 3. The van der Waals surface area contributed by atoms with Crippen molar-refractivity contribution in [2.24, 2.45) is 0 Å². The second kappa shape index (κ2) is 9.00. The van der Waals surface area contributed by atoms with E-state index in [-0.39, 0.29) is 16.8 Å². The van der Waals surface area contributed by atoms with Gasteiger partial charge in [-0.1, -0.05) is 77.2 Å². The normalized spacial score (nSPS) is 15.0. The lowest BCUT2D eigenvalue weighted by Crippen LogP contribution is -2.29. The smallest absolute Gasteiger partial charge is 0.297 e. The molecule has 1 aliphatic rings. The van der Waals surface area contributed by atoms with Crippen LogP contribution in [0.25, 0.3) is 11.0 Å². The van der Waals surface area contributed by atoms with Crippen molar-refractivity contribution in [3.05, 3.63) is 117 Å². The first-order valence-electron chi connectivity index (χ1n) is 11.2. The predicted octanol–water partition coefficient (Wildman–Crippen LogP) is 6.13. The summed E-state index contributed by atoms with van der Waals surface area (Å²) >= 11 is 2.79. The molecule has 1 unspecified atom stereocenters. The Balaban J connectivity index is 1.41. The van der Waals surface area contributed by atoms with E-state index in [2.05, 4.69) is 34.5 Å².